The molecule has 1 saturated heterocycles. The van der Waals surface area contributed by atoms with E-state index in [0.29, 0.717) is 11.3 Å². The predicted octanol–water partition coefficient (Wildman–Crippen LogP) is 3.73. The Balaban J connectivity index is 2.02. The average molecular weight is 399 g/mol. The fraction of sp³-hybridized carbons (Fsp3) is 0.105. The molecule has 0 saturated carbocycles. The third-order valence-electron chi connectivity index (χ3n) is 3.89. The molecule has 2 aromatic carbocycles. The van der Waals surface area contributed by atoms with Crippen LogP contribution in [-0.2, 0) is 9.59 Å². The Hall–Kier alpha value is -2.73. The summed E-state index contributed by atoms with van der Waals surface area (Å²) in [5.74, 6) is -1.34. The number of halogens is 1. The molecule has 0 radical (unpaired) electrons. The minimum absolute atomic E-state index is 0.0796. The number of carbonyl (C=O) groups is 3. The van der Waals surface area contributed by atoms with Crippen molar-refractivity contribution in [1.29, 1.82) is 0 Å². The van der Waals surface area contributed by atoms with Gasteiger partial charge in [0, 0.05) is 4.47 Å². The second kappa shape index (κ2) is 6.64. The number of nitrogens with zero attached hydrogens (tertiary/aromatic N) is 1. The van der Waals surface area contributed by atoms with Gasteiger partial charge in [-0.15, -0.1) is 0 Å². The van der Waals surface area contributed by atoms with Crippen LogP contribution in [-0.4, -0.2) is 17.8 Å². The van der Waals surface area contributed by atoms with Crippen LogP contribution in [0.15, 0.2) is 52.5 Å². The summed E-state index contributed by atoms with van der Waals surface area (Å²) >= 11 is 3.39. The van der Waals surface area contributed by atoms with E-state index in [9.17, 15) is 14.4 Å². The Kier molecular flexibility index (Phi) is 4.55. The number of hydrogen-bond donors (Lipinski definition) is 1. The van der Waals surface area contributed by atoms with Crippen molar-refractivity contribution >= 4 is 45.5 Å². The van der Waals surface area contributed by atoms with Gasteiger partial charge in [-0.25, -0.2) is 9.69 Å². The van der Waals surface area contributed by atoms with Crippen LogP contribution in [0.1, 0.15) is 16.7 Å². The van der Waals surface area contributed by atoms with E-state index >= 15 is 0 Å². The Labute approximate surface area is 153 Å². The van der Waals surface area contributed by atoms with Crippen LogP contribution in [0, 0.1) is 13.8 Å². The number of imide groups is 2. The molecule has 25 heavy (non-hydrogen) atoms. The van der Waals surface area contributed by atoms with Crippen molar-refractivity contribution in [1.82, 2.24) is 5.32 Å². The number of carbonyl (C=O) groups excluding carboxylic acids is 3. The quantitative estimate of drug-likeness (QED) is 0.618. The van der Waals surface area contributed by atoms with Gasteiger partial charge < -0.3 is 0 Å². The number of barbiturate groups is 1. The van der Waals surface area contributed by atoms with Crippen molar-refractivity contribution in [3.05, 3.63) is 69.2 Å². The third-order valence-corrected chi connectivity index (χ3v) is 4.78. The largest absolute Gasteiger partial charge is 0.335 e. The van der Waals surface area contributed by atoms with E-state index in [2.05, 4.69) is 21.2 Å². The smallest absolute Gasteiger partial charge is 0.273 e. The lowest BCUT2D eigenvalue weighted by Crippen LogP contribution is -2.54. The van der Waals surface area contributed by atoms with E-state index in [0.717, 1.165) is 20.5 Å². The highest BCUT2D eigenvalue weighted by molar-refractivity contribution is 9.10. The molecule has 1 aliphatic rings. The molecule has 0 aromatic heterocycles. The molecule has 126 valence electrons. The second-order valence-electron chi connectivity index (χ2n) is 5.80. The van der Waals surface area contributed by atoms with Crippen molar-refractivity contribution in [3.63, 3.8) is 0 Å². The Bertz CT molecular complexity index is 917. The van der Waals surface area contributed by atoms with Crippen LogP contribution < -0.4 is 10.2 Å². The molecule has 1 fully saturated rings. The van der Waals surface area contributed by atoms with Crippen LogP contribution >= 0.6 is 15.9 Å². The van der Waals surface area contributed by atoms with E-state index in [1.54, 1.807) is 18.2 Å². The summed E-state index contributed by atoms with van der Waals surface area (Å²) in [4.78, 5) is 38.1. The zero-order valence-corrected chi connectivity index (χ0v) is 15.3. The number of aryl methyl sites for hydroxylation is 2. The number of amides is 4. The van der Waals surface area contributed by atoms with Gasteiger partial charge in [0.25, 0.3) is 11.8 Å². The summed E-state index contributed by atoms with van der Waals surface area (Å²) in [7, 11) is 0. The summed E-state index contributed by atoms with van der Waals surface area (Å²) < 4.78 is 0.868. The molecule has 0 unspecified atom stereocenters. The number of hydrogen-bond acceptors (Lipinski definition) is 3. The highest BCUT2D eigenvalue weighted by Gasteiger charge is 2.36. The lowest BCUT2D eigenvalue weighted by Gasteiger charge is -2.26. The van der Waals surface area contributed by atoms with Crippen LogP contribution in [0.3, 0.4) is 0 Å². The maximum Gasteiger partial charge on any atom is 0.335 e. The molecule has 0 aliphatic carbocycles. The molecule has 1 aliphatic heterocycles. The average Bonchev–Trinajstić information content (AvgIpc) is 2.56. The summed E-state index contributed by atoms with van der Waals surface area (Å²) in [5, 5.41) is 2.22. The first-order valence-corrected chi connectivity index (χ1v) is 8.40. The predicted molar refractivity (Wildman–Crippen MR) is 99.1 cm³/mol. The SMILES string of the molecule is Cc1ccc(C=C2C(=O)NC(=O)N(c3ccc(Br)c(C)c3)C2=O)cc1. The fourth-order valence-corrected chi connectivity index (χ4v) is 2.74. The highest BCUT2D eigenvalue weighted by Crippen LogP contribution is 2.26. The van der Waals surface area contributed by atoms with Crippen LogP contribution in [0.25, 0.3) is 6.08 Å². The number of anilines is 1. The van der Waals surface area contributed by atoms with Crippen LogP contribution in [0.2, 0.25) is 0 Å². The first-order chi connectivity index (χ1) is 11.9. The molecule has 1 heterocycles. The minimum Gasteiger partial charge on any atom is -0.273 e. The number of benzene rings is 2. The highest BCUT2D eigenvalue weighted by atomic mass is 79.9. The normalized spacial score (nSPS) is 16.4. The van der Waals surface area contributed by atoms with Crippen LogP contribution in [0.5, 0.6) is 0 Å². The standard InChI is InChI=1S/C19H15BrN2O3/c1-11-3-5-13(6-4-11)10-15-17(23)21-19(25)22(18(15)24)14-7-8-16(20)12(2)9-14/h3-10H,1-2H3,(H,21,23,25). The summed E-state index contributed by atoms with van der Waals surface area (Å²) in [5.41, 5.74) is 2.99. The van der Waals surface area contributed by atoms with E-state index in [4.69, 9.17) is 0 Å². The molecule has 4 amide bonds. The Morgan fingerprint density at radius 2 is 1.68 bits per heavy atom. The molecule has 0 atom stereocenters. The number of rotatable bonds is 2. The van der Waals surface area contributed by atoms with Crippen molar-refractivity contribution in [3.8, 4) is 0 Å². The van der Waals surface area contributed by atoms with Crippen molar-refractivity contribution in [2.24, 2.45) is 0 Å². The van der Waals surface area contributed by atoms with Gasteiger partial charge in [-0.2, -0.15) is 0 Å². The van der Waals surface area contributed by atoms with Crippen molar-refractivity contribution < 1.29 is 14.4 Å². The maximum atomic E-state index is 12.8. The van der Waals surface area contributed by atoms with E-state index in [1.807, 2.05) is 38.1 Å². The van der Waals surface area contributed by atoms with Gasteiger partial charge in [0.05, 0.1) is 5.69 Å². The number of urea groups is 1. The molecular weight excluding hydrogens is 384 g/mol. The number of nitrogens with one attached hydrogen (secondary N) is 1. The summed E-state index contributed by atoms with van der Waals surface area (Å²) in [6, 6.07) is 11.8. The van der Waals surface area contributed by atoms with E-state index in [-0.39, 0.29) is 5.57 Å². The zero-order valence-electron chi connectivity index (χ0n) is 13.7. The van der Waals surface area contributed by atoms with Gasteiger partial charge in [-0.1, -0.05) is 45.8 Å². The van der Waals surface area contributed by atoms with Gasteiger partial charge in [0.1, 0.15) is 5.57 Å². The van der Waals surface area contributed by atoms with E-state index in [1.165, 1.54) is 6.08 Å². The fourth-order valence-electron chi connectivity index (χ4n) is 2.49. The van der Waals surface area contributed by atoms with Gasteiger partial charge in [-0.05, 0) is 49.2 Å². The molecule has 0 bridgehead atoms. The molecule has 5 nitrogen and oxygen atoms in total. The van der Waals surface area contributed by atoms with Gasteiger partial charge in [-0.3, -0.25) is 14.9 Å². The first kappa shape index (κ1) is 17.1. The zero-order chi connectivity index (χ0) is 18.1. The lowest BCUT2D eigenvalue weighted by atomic mass is 10.1. The molecule has 2 aromatic rings. The maximum absolute atomic E-state index is 12.8. The topological polar surface area (TPSA) is 66.5 Å². The Morgan fingerprint density at radius 1 is 1.00 bits per heavy atom. The van der Waals surface area contributed by atoms with Crippen molar-refractivity contribution in [2.45, 2.75) is 13.8 Å². The monoisotopic (exact) mass is 398 g/mol. The molecule has 1 N–H and O–H groups in total. The van der Waals surface area contributed by atoms with Gasteiger partial charge >= 0.3 is 6.03 Å². The van der Waals surface area contributed by atoms with E-state index < -0.39 is 17.8 Å². The third kappa shape index (κ3) is 3.39. The second-order valence-corrected chi connectivity index (χ2v) is 6.66. The minimum atomic E-state index is -0.752. The van der Waals surface area contributed by atoms with Crippen molar-refractivity contribution in [2.75, 3.05) is 4.90 Å². The lowest BCUT2D eigenvalue weighted by molar-refractivity contribution is -0.122. The van der Waals surface area contributed by atoms with Gasteiger partial charge in [0.15, 0.2) is 0 Å². The molecular formula is C19H15BrN2O3. The van der Waals surface area contributed by atoms with Crippen LogP contribution in [0.4, 0.5) is 10.5 Å². The molecule has 3 rings (SSSR count). The molecule has 6 heteroatoms. The Morgan fingerprint density at radius 3 is 2.32 bits per heavy atom. The summed E-state index contributed by atoms with van der Waals surface area (Å²) in [6.45, 7) is 3.81. The first-order valence-electron chi connectivity index (χ1n) is 7.61. The summed E-state index contributed by atoms with van der Waals surface area (Å²) in [6.07, 6.45) is 1.49. The molecule has 0 spiro atoms. The van der Waals surface area contributed by atoms with Gasteiger partial charge in [0.2, 0.25) is 0 Å².